The second kappa shape index (κ2) is 5.98. The standard InChI is InChI=1S/C12H6BrClF3N3O/c13-6-1-2-7(8(3-6)12(15,16)17)11(21)20-10-5-18-4-9(14)19-10/h1-5H,(H,19,20,21). The smallest absolute Gasteiger partial charge is 0.305 e. The predicted molar refractivity (Wildman–Crippen MR) is 74.1 cm³/mol. The maximum atomic E-state index is 12.9. The van der Waals surface area contributed by atoms with Gasteiger partial charge >= 0.3 is 6.18 Å². The lowest BCUT2D eigenvalue weighted by molar-refractivity contribution is -0.137. The number of hydrogen-bond acceptors (Lipinski definition) is 3. The fourth-order valence-electron chi connectivity index (χ4n) is 1.54. The van der Waals surface area contributed by atoms with E-state index in [2.05, 4.69) is 31.2 Å². The molecule has 0 unspecified atom stereocenters. The van der Waals surface area contributed by atoms with Crippen molar-refractivity contribution in [2.75, 3.05) is 5.32 Å². The van der Waals surface area contributed by atoms with Gasteiger partial charge in [-0.25, -0.2) is 4.98 Å². The number of hydrogen-bond donors (Lipinski definition) is 1. The van der Waals surface area contributed by atoms with E-state index in [4.69, 9.17) is 11.6 Å². The van der Waals surface area contributed by atoms with Crippen LogP contribution < -0.4 is 5.32 Å². The van der Waals surface area contributed by atoms with Crippen LogP contribution in [0.25, 0.3) is 0 Å². The molecule has 4 nitrogen and oxygen atoms in total. The zero-order chi connectivity index (χ0) is 15.6. The second-order valence-electron chi connectivity index (χ2n) is 3.87. The summed E-state index contributed by atoms with van der Waals surface area (Å²) in [5, 5.41) is 2.23. The van der Waals surface area contributed by atoms with Gasteiger partial charge < -0.3 is 5.32 Å². The van der Waals surface area contributed by atoms with Gasteiger partial charge in [-0.1, -0.05) is 27.5 Å². The average molecular weight is 381 g/mol. The van der Waals surface area contributed by atoms with E-state index in [1.54, 1.807) is 0 Å². The van der Waals surface area contributed by atoms with Gasteiger partial charge in [-0.05, 0) is 18.2 Å². The number of anilines is 1. The zero-order valence-electron chi connectivity index (χ0n) is 10.1. The number of nitrogens with zero attached hydrogens (tertiary/aromatic N) is 2. The van der Waals surface area contributed by atoms with E-state index in [0.29, 0.717) is 0 Å². The molecule has 0 bridgehead atoms. The molecular formula is C12H6BrClF3N3O. The molecule has 1 aromatic heterocycles. The predicted octanol–water partition coefficient (Wildman–Crippen LogP) is 4.16. The second-order valence-corrected chi connectivity index (χ2v) is 5.17. The maximum Gasteiger partial charge on any atom is 0.417 e. The van der Waals surface area contributed by atoms with Crippen molar-refractivity contribution in [2.24, 2.45) is 0 Å². The summed E-state index contributed by atoms with van der Waals surface area (Å²) in [5.41, 5.74) is -1.57. The highest BCUT2D eigenvalue weighted by atomic mass is 79.9. The Balaban J connectivity index is 2.35. The van der Waals surface area contributed by atoms with E-state index in [9.17, 15) is 18.0 Å². The van der Waals surface area contributed by atoms with E-state index >= 15 is 0 Å². The third-order valence-electron chi connectivity index (χ3n) is 2.38. The zero-order valence-corrected chi connectivity index (χ0v) is 12.4. The minimum absolute atomic E-state index is 0.0136. The Kier molecular flexibility index (Phi) is 4.48. The van der Waals surface area contributed by atoms with E-state index in [0.717, 1.165) is 12.1 Å². The van der Waals surface area contributed by atoms with Crippen molar-refractivity contribution in [3.8, 4) is 0 Å². The van der Waals surface area contributed by atoms with Crippen LogP contribution in [0.1, 0.15) is 15.9 Å². The number of carbonyl (C=O) groups is 1. The lowest BCUT2D eigenvalue weighted by atomic mass is 10.1. The van der Waals surface area contributed by atoms with Crippen molar-refractivity contribution in [1.29, 1.82) is 0 Å². The average Bonchev–Trinajstić information content (AvgIpc) is 2.37. The fourth-order valence-corrected chi connectivity index (χ4v) is 2.04. The van der Waals surface area contributed by atoms with Gasteiger partial charge in [0.05, 0.1) is 23.5 Å². The largest absolute Gasteiger partial charge is 0.417 e. The number of rotatable bonds is 2. The van der Waals surface area contributed by atoms with Gasteiger partial charge in [0, 0.05) is 4.47 Å². The summed E-state index contributed by atoms with van der Waals surface area (Å²) in [6.45, 7) is 0. The SMILES string of the molecule is O=C(Nc1cncc(Cl)n1)c1ccc(Br)cc1C(F)(F)F. The van der Waals surface area contributed by atoms with Gasteiger partial charge in [0.2, 0.25) is 0 Å². The summed E-state index contributed by atoms with van der Waals surface area (Å²) in [4.78, 5) is 19.4. The molecule has 0 saturated heterocycles. The van der Waals surface area contributed by atoms with Gasteiger partial charge in [-0.2, -0.15) is 13.2 Å². The molecule has 0 saturated carbocycles. The monoisotopic (exact) mass is 379 g/mol. The molecule has 2 rings (SSSR count). The summed E-state index contributed by atoms with van der Waals surface area (Å²) in [5.74, 6) is -0.991. The third-order valence-corrected chi connectivity index (χ3v) is 3.05. The van der Waals surface area contributed by atoms with Crippen molar-refractivity contribution >= 4 is 39.3 Å². The van der Waals surface area contributed by atoms with Gasteiger partial charge in [0.25, 0.3) is 5.91 Å². The minimum atomic E-state index is -4.66. The third kappa shape index (κ3) is 3.92. The summed E-state index contributed by atoms with van der Waals surface area (Å²) >= 11 is 8.53. The molecule has 21 heavy (non-hydrogen) atoms. The highest BCUT2D eigenvalue weighted by molar-refractivity contribution is 9.10. The first-order valence-corrected chi connectivity index (χ1v) is 6.60. The lowest BCUT2D eigenvalue weighted by Gasteiger charge is -2.13. The Hall–Kier alpha value is -1.67. The van der Waals surface area contributed by atoms with E-state index in [1.807, 2.05) is 0 Å². The molecular weight excluding hydrogens is 375 g/mol. The molecule has 1 N–H and O–H groups in total. The molecule has 0 aliphatic rings. The molecule has 0 spiro atoms. The van der Waals surface area contributed by atoms with Crippen LogP contribution in [-0.4, -0.2) is 15.9 Å². The number of carbonyl (C=O) groups excluding carboxylic acids is 1. The quantitative estimate of drug-likeness (QED) is 0.851. The van der Waals surface area contributed by atoms with Crippen molar-refractivity contribution in [3.05, 3.63) is 51.3 Å². The molecule has 0 fully saturated rings. The van der Waals surface area contributed by atoms with Crippen LogP contribution in [0.3, 0.4) is 0 Å². The number of halogens is 5. The van der Waals surface area contributed by atoms with E-state index in [1.165, 1.54) is 18.5 Å². The molecule has 1 amide bonds. The normalized spacial score (nSPS) is 11.3. The van der Waals surface area contributed by atoms with Crippen LogP contribution in [-0.2, 0) is 6.18 Å². The number of benzene rings is 1. The lowest BCUT2D eigenvalue weighted by Crippen LogP contribution is -2.19. The van der Waals surface area contributed by atoms with Gasteiger partial charge in [-0.3, -0.25) is 9.78 Å². The van der Waals surface area contributed by atoms with Gasteiger partial charge in [0.15, 0.2) is 5.82 Å². The molecule has 0 aliphatic heterocycles. The molecule has 110 valence electrons. The topological polar surface area (TPSA) is 54.9 Å². The Bertz CT molecular complexity index is 694. The number of alkyl halides is 3. The summed E-state index contributed by atoms with van der Waals surface area (Å²) in [7, 11) is 0. The summed E-state index contributed by atoms with van der Waals surface area (Å²) in [6, 6.07) is 3.24. The van der Waals surface area contributed by atoms with Gasteiger partial charge in [0.1, 0.15) is 5.15 Å². The van der Waals surface area contributed by atoms with E-state index < -0.39 is 23.2 Å². The molecule has 0 aliphatic carbocycles. The van der Waals surface area contributed by atoms with Crippen LogP contribution >= 0.6 is 27.5 Å². The van der Waals surface area contributed by atoms with Gasteiger partial charge in [-0.15, -0.1) is 0 Å². The van der Waals surface area contributed by atoms with Crippen LogP contribution in [0.15, 0.2) is 35.1 Å². The maximum absolute atomic E-state index is 12.9. The number of nitrogens with one attached hydrogen (secondary N) is 1. The highest BCUT2D eigenvalue weighted by Crippen LogP contribution is 2.34. The van der Waals surface area contributed by atoms with Crippen molar-refractivity contribution < 1.29 is 18.0 Å². The van der Waals surface area contributed by atoms with Crippen molar-refractivity contribution in [3.63, 3.8) is 0 Å². The van der Waals surface area contributed by atoms with Crippen LogP contribution in [0.5, 0.6) is 0 Å². The van der Waals surface area contributed by atoms with E-state index in [-0.39, 0.29) is 15.4 Å². The summed E-state index contributed by atoms with van der Waals surface area (Å²) in [6.07, 6.45) is -2.25. The molecule has 1 heterocycles. The Morgan fingerprint density at radius 1 is 1.29 bits per heavy atom. The molecule has 0 atom stereocenters. The van der Waals surface area contributed by atoms with Crippen LogP contribution in [0.2, 0.25) is 5.15 Å². The first kappa shape index (κ1) is 15.7. The first-order valence-electron chi connectivity index (χ1n) is 5.43. The summed E-state index contributed by atoms with van der Waals surface area (Å²) < 4.78 is 39.0. The molecule has 0 radical (unpaired) electrons. The first-order chi connectivity index (χ1) is 9.77. The van der Waals surface area contributed by atoms with Crippen molar-refractivity contribution in [1.82, 2.24) is 9.97 Å². The Morgan fingerprint density at radius 2 is 2.00 bits per heavy atom. The fraction of sp³-hybridized carbons (Fsp3) is 0.0833. The Morgan fingerprint density at radius 3 is 2.62 bits per heavy atom. The number of amides is 1. The highest BCUT2D eigenvalue weighted by Gasteiger charge is 2.35. The minimum Gasteiger partial charge on any atom is -0.305 e. The molecule has 2 aromatic rings. The number of aromatic nitrogens is 2. The molecule has 1 aromatic carbocycles. The molecule has 9 heteroatoms. The van der Waals surface area contributed by atoms with Crippen molar-refractivity contribution in [2.45, 2.75) is 6.18 Å². The van der Waals surface area contributed by atoms with Crippen LogP contribution in [0, 0.1) is 0 Å². The Labute approximate surface area is 130 Å². The van der Waals surface area contributed by atoms with Crippen LogP contribution in [0.4, 0.5) is 19.0 Å².